The van der Waals surface area contributed by atoms with Crippen LogP contribution in [0.15, 0.2) is 48.5 Å². The molecule has 0 aliphatic heterocycles. The predicted molar refractivity (Wildman–Crippen MR) is 101 cm³/mol. The average Bonchev–Trinajstić information content (AvgIpc) is 3.01. The Morgan fingerprint density at radius 3 is 2.63 bits per heavy atom. The number of halogens is 2. The van der Waals surface area contributed by atoms with Gasteiger partial charge in [-0.2, -0.15) is 0 Å². The zero-order chi connectivity index (χ0) is 19.4. The summed E-state index contributed by atoms with van der Waals surface area (Å²) < 4.78 is 18.8. The van der Waals surface area contributed by atoms with E-state index in [2.05, 4.69) is 5.32 Å². The summed E-state index contributed by atoms with van der Waals surface area (Å²) >= 11 is 7.42. The van der Waals surface area contributed by atoms with Crippen LogP contribution in [0.5, 0.6) is 0 Å². The first-order valence-corrected chi connectivity index (χ1v) is 9.05. The maximum Gasteiger partial charge on any atom is 0.325 e. The highest BCUT2D eigenvalue weighted by Crippen LogP contribution is 2.34. The van der Waals surface area contributed by atoms with Gasteiger partial charge in [-0.05, 0) is 18.2 Å². The molecule has 0 radical (unpaired) electrons. The number of amides is 1. The minimum absolute atomic E-state index is 0.101. The van der Waals surface area contributed by atoms with Crippen molar-refractivity contribution in [3.63, 3.8) is 0 Å². The van der Waals surface area contributed by atoms with Gasteiger partial charge in [0.1, 0.15) is 17.2 Å². The molecule has 1 amide bonds. The normalized spacial score (nSPS) is 10.6. The van der Waals surface area contributed by atoms with Crippen LogP contribution < -0.4 is 5.32 Å². The Bertz CT molecular complexity index is 1030. The number of fused-ring (bicyclic) bond motifs is 1. The molecule has 0 saturated carbocycles. The summed E-state index contributed by atoms with van der Waals surface area (Å²) in [6.07, 6.45) is 0. The van der Waals surface area contributed by atoms with E-state index in [9.17, 15) is 18.8 Å². The number of carbonyl (C=O) groups is 3. The van der Waals surface area contributed by atoms with Crippen LogP contribution >= 0.6 is 22.9 Å². The number of nitrogens with one attached hydrogen (secondary N) is 1. The fraction of sp³-hybridized carbons (Fsp3) is 0.105. The van der Waals surface area contributed by atoms with Crippen LogP contribution in [-0.4, -0.2) is 30.8 Å². The Morgan fingerprint density at radius 1 is 1.11 bits per heavy atom. The molecule has 1 aromatic heterocycles. The van der Waals surface area contributed by atoms with E-state index >= 15 is 0 Å². The van der Waals surface area contributed by atoms with Crippen LogP contribution in [0.1, 0.15) is 20.0 Å². The molecule has 138 valence electrons. The molecule has 2 aromatic carbocycles. The third-order valence-electron chi connectivity index (χ3n) is 3.65. The minimum Gasteiger partial charge on any atom is -0.456 e. The molecule has 5 nitrogen and oxygen atoms in total. The number of thiophene rings is 1. The third-order valence-corrected chi connectivity index (χ3v) is 5.32. The molecule has 3 rings (SSSR count). The Labute approximate surface area is 162 Å². The lowest BCUT2D eigenvalue weighted by Gasteiger charge is -2.06. The second-order valence-corrected chi connectivity index (χ2v) is 6.95. The fourth-order valence-corrected chi connectivity index (χ4v) is 3.77. The lowest BCUT2D eigenvalue weighted by molar-refractivity contribution is -0.141. The molecule has 0 spiro atoms. The van der Waals surface area contributed by atoms with Gasteiger partial charge in [-0.1, -0.05) is 41.9 Å². The SMILES string of the molecule is O=C(CNC(=O)c1sc2ccccc2c1Cl)OCC(=O)c1cccc(F)c1. The van der Waals surface area contributed by atoms with Crippen LogP contribution in [0.2, 0.25) is 5.02 Å². The number of ketones is 1. The molecular formula is C19H13ClFNO4S. The molecule has 0 aliphatic carbocycles. The van der Waals surface area contributed by atoms with E-state index in [0.29, 0.717) is 9.90 Å². The van der Waals surface area contributed by atoms with Crippen LogP contribution in [0.3, 0.4) is 0 Å². The maximum absolute atomic E-state index is 13.1. The van der Waals surface area contributed by atoms with E-state index in [4.69, 9.17) is 16.3 Å². The van der Waals surface area contributed by atoms with Crippen LogP contribution in [0.25, 0.3) is 10.1 Å². The van der Waals surface area contributed by atoms with Gasteiger partial charge in [0.05, 0.1) is 5.02 Å². The van der Waals surface area contributed by atoms with Crippen molar-refractivity contribution in [3.05, 3.63) is 69.8 Å². The standard InChI is InChI=1S/C19H13ClFNO4S/c20-17-13-6-1-2-7-15(13)27-18(17)19(25)22-9-16(24)26-10-14(23)11-4-3-5-12(21)8-11/h1-8H,9-10H2,(H,22,25). The summed E-state index contributed by atoms with van der Waals surface area (Å²) in [6, 6.07) is 12.4. The second kappa shape index (κ2) is 8.28. The van der Waals surface area contributed by atoms with Gasteiger partial charge in [-0.25, -0.2) is 4.39 Å². The molecule has 0 aliphatic rings. The number of benzene rings is 2. The first-order valence-electron chi connectivity index (χ1n) is 7.85. The lowest BCUT2D eigenvalue weighted by atomic mass is 10.1. The van der Waals surface area contributed by atoms with Crippen LogP contribution in [-0.2, 0) is 9.53 Å². The Hall–Kier alpha value is -2.77. The smallest absolute Gasteiger partial charge is 0.325 e. The molecule has 1 N–H and O–H groups in total. The first-order chi connectivity index (χ1) is 13.0. The van der Waals surface area contributed by atoms with Crippen molar-refractivity contribution in [1.29, 1.82) is 0 Å². The van der Waals surface area contributed by atoms with Crippen molar-refractivity contribution < 1.29 is 23.5 Å². The van der Waals surface area contributed by atoms with Gasteiger partial charge < -0.3 is 10.1 Å². The number of rotatable bonds is 6. The second-order valence-electron chi connectivity index (χ2n) is 5.52. The Morgan fingerprint density at radius 2 is 1.89 bits per heavy atom. The Kier molecular flexibility index (Phi) is 5.83. The number of Topliss-reactive ketones (excluding diaryl/α,β-unsaturated/α-hetero) is 1. The summed E-state index contributed by atoms with van der Waals surface area (Å²) in [5, 5.41) is 3.50. The van der Waals surface area contributed by atoms with Gasteiger partial charge in [0.25, 0.3) is 5.91 Å². The molecule has 0 bridgehead atoms. The lowest BCUT2D eigenvalue weighted by Crippen LogP contribution is -2.31. The van der Waals surface area contributed by atoms with Crippen molar-refractivity contribution in [2.45, 2.75) is 0 Å². The molecule has 27 heavy (non-hydrogen) atoms. The van der Waals surface area contributed by atoms with Crippen molar-refractivity contribution in [2.75, 3.05) is 13.2 Å². The first kappa shape index (κ1) is 19.0. The van der Waals surface area contributed by atoms with E-state index in [1.807, 2.05) is 18.2 Å². The quantitative estimate of drug-likeness (QED) is 0.499. The van der Waals surface area contributed by atoms with Gasteiger partial charge in [0.2, 0.25) is 0 Å². The zero-order valence-corrected chi connectivity index (χ0v) is 15.4. The Balaban J connectivity index is 1.53. The van der Waals surface area contributed by atoms with Crippen molar-refractivity contribution in [1.82, 2.24) is 5.32 Å². The van der Waals surface area contributed by atoms with Crippen LogP contribution in [0, 0.1) is 5.82 Å². The molecule has 3 aromatic rings. The predicted octanol–water partition coefficient (Wildman–Crippen LogP) is 3.85. The summed E-state index contributed by atoms with van der Waals surface area (Å²) in [5.74, 6) is -2.39. The van der Waals surface area contributed by atoms with Gasteiger partial charge >= 0.3 is 5.97 Å². The summed E-state index contributed by atoms with van der Waals surface area (Å²) in [6.45, 7) is -0.957. The highest BCUT2D eigenvalue weighted by atomic mass is 35.5. The van der Waals surface area contributed by atoms with Crippen molar-refractivity contribution in [3.8, 4) is 0 Å². The molecule has 8 heteroatoms. The maximum atomic E-state index is 13.1. The summed E-state index contributed by atoms with van der Waals surface area (Å²) in [5.41, 5.74) is 0.101. The number of hydrogen-bond acceptors (Lipinski definition) is 5. The number of esters is 1. The average molecular weight is 406 g/mol. The van der Waals surface area contributed by atoms with Gasteiger partial charge in [0, 0.05) is 15.6 Å². The van der Waals surface area contributed by atoms with E-state index in [1.54, 1.807) is 6.07 Å². The molecule has 0 atom stereocenters. The molecular weight excluding hydrogens is 393 g/mol. The molecule has 1 heterocycles. The van der Waals surface area contributed by atoms with Gasteiger partial charge in [-0.15, -0.1) is 11.3 Å². The zero-order valence-electron chi connectivity index (χ0n) is 13.8. The minimum atomic E-state index is -0.787. The van der Waals surface area contributed by atoms with Crippen molar-refractivity contribution >= 4 is 50.7 Å². The molecule has 0 unspecified atom stereocenters. The van der Waals surface area contributed by atoms with E-state index in [0.717, 1.165) is 16.2 Å². The van der Waals surface area contributed by atoms with Gasteiger partial charge in [0.15, 0.2) is 12.4 Å². The summed E-state index contributed by atoms with van der Waals surface area (Å²) in [7, 11) is 0. The topological polar surface area (TPSA) is 72.5 Å². The van der Waals surface area contributed by atoms with Crippen LogP contribution in [0.4, 0.5) is 4.39 Å². The van der Waals surface area contributed by atoms with Crippen molar-refractivity contribution in [2.24, 2.45) is 0 Å². The van der Waals surface area contributed by atoms with Gasteiger partial charge in [-0.3, -0.25) is 14.4 Å². The monoisotopic (exact) mass is 405 g/mol. The van der Waals surface area contributed by atoms with E-state index in [1.165, 1.54) is 29.5 Å². The van der Waals surface area contributed by atoms with E-state index in [-0.39, 0.29) is 5.56 Å². The number of ether oxygens (including phenoxy) is 1. The third kappa shape index (κ3) is 4.50. The number of carbonyl (C=O) groups excluding carboxylic acids is 3. The fourth-order valence-electron chi connectivity index (χ4n) is 2.34. The number of hydrogen-bond donors (Lipinski definition) is 1. The highest BCUT2D eigenvalue weighted by Gasteiger charge is 2.18. The highest BCUT2D eigenvalue weighted by molar-refractivity contribution is 7.21. The summed E-state index contributed by atoms with van der Waals surface area (Å²) in [4.78, 5) is 36.1. The van der Waals surface area contributed by atoms with E-state index < -0.39 is 36.6 Å². The molecule has 0 fully saturated rings. The largest absolute Gasteiger partial charge is 0.456 e. The molecule has 0 saturated heterocycles.